The number of thiophene rings is 1. The maximum Gasteiger partial charge on any atom is 0.143 e. The Labute approximate surface area is 292 Å². The van der Waals surface area contributed by atoms with E-state index in [0.717, 1.165) is 11.2 Å². The first-order valence-electron chi connectivity index (χ1n) is 17.1. The summed E-state index contributed by atoms with van der Waals surface area (Å²) in [7, 11) is 0. The Balaban J connectivity index is 1.20. The molecule has 0 spiro atoms. The highest BCUT2D eigenvalue weighted by Gasteiger charge is 2.21. The van der Waals surface area contributed by atoms with Gasteiger partial charge in [-0.2, -0.15) is 0 Å². The molecule has 0 fully saturated rings. The summed E-state index contributed by atoms with van der Waals surface area (Å²) in [6, 6.07) is 61.8. The molecular weight excluding hydrogens is 625 g/mol. The summed E-state index contributed by atoms with van der Waals surface area (Å²) >= 11 is 1.90. The van der Waals surface area contributed by atoms with Crippen LogP contribution in [0.3, 0.4) is 0 Å². The van der Waals surface area contributed by atoms with Crippen LogP contribution in [0.2, 0.25) is 0 Å². The fourth-order valence-electron chi connectivity index (χ4n) is 8.29. The third-order valence-electron chi connectivity index (χ3n) is 10.4. The molecule has 0 aliphatic carbocycles. The van der Waals surface area contributed by atoms with Gasteiger partial charge in [-0.25, -0.2) is 0 Å². The highest BCUT2D eigenvalue weighted by Crippen LogP contribution is 2.49. The van der Waals surface area contributed by atoms with E-state index >= 15 is 0 Å². The first kappa shape index (κ1) is 27.7. The van der Waals surface area contributed by atoms with Crippen LogP contribution < -0.4 is 0 Å². The van der Waals surface area contributed by atoms with Crippen molar-refractivity contribution in [2.24, 2.45) is 0 Å². The second-order valence-corrected chi connectivity index (χ2v) is 14.2. The van der Waals surface area contributed by atoms with Crippen molar-refractivity contribution < 1.29 is 4.42 Å². The Hall–Kier alpha value is -6.22. The molecule has 0 aliphatic heterocycles. The predicted molar refractivity (Wildman–Crippen MR) is 215 cm³/mol. The maximum atomic E-state index is 6.57. The van der Waals surface area contributed by atoms with Crippen LogP contribution in [0.1, 0.15) is 0 Å². The second kappa shape index (κ2) is 10.6. The molecule has 232 valence electrons. The summed E-state index contributed by atoms with van der Waals surface area (Å²) in [6.07, 6.45) is 0. The molecule has 0 bridgehead atoms. The molecule has 11 aromatic rings. The van der Waals surface area contributed by atoms with Gasteiger partial charge in [0.2, 0.25) is 0 Å². The number of benzene rings is 9. The number of hydrogen-bond donors (Lipinski definition) is 0. The van der Waals surface area contributed by atoms with Crippen molar-refractivity contribution in [2.75, 3.05) is 0 Å². The summed E-state index contributed by atoms with van der Waals surface area (Å²) < 4.78 is 9.17. The SMILES string of the molecule is c1ccc(-c2cccc(-c3c4ccccc4c(-c4ccc5c(c4)sc4c6ccccc6c6oc7ccccc7c6c54)c4ccccc34)c2)cc1. The van der Waals surface area contributed by atoms with Crippen molar-refractivity contribution in [1.82, 2.24) is 0 Å². The van der Waals surface area contributed by atoms with E-state index in [4.69, 9.17) is 4.42 Å². The third kappa shape index (κ3) is 3.94. The molecule has 1 nitrogen and oxygen atoms in total. The molecule has 0 saturated carbocycles. The van der Waals surface area contributed by atoms with E-state index in [9.17, 15) is 0 Å². The zero-order valence-electron chi connectivity index (χ0n) is 27.0. The molecule has 9 aromatic carbocycles. The Morgan fingerprint density at radius 3 is 1.58 bits per heavy atom. The smallest absolute Gasteiger partial charge is 0.143 e. The zero-order valence-corrected chi connectivity index (χ0v) is 27.8. The lowest BCUT2D eigenvalue weighted by atomic mass is 9.85. The van der Waals surface area contributed by atoms with E-state index in [2.05, 4.69) is 170 Å². The Bertz CT molecular complexity index is 3090. The summed E-state index contributed by atoms with van der Waals surface area (Å²) in [5.74, 6) is 0. The third-order valence-corrected chi connectivity index (χ3v) is 11.6. The molecule has 0 aliphatic rings. The molecule has 50 heavy (non-hydrogen) atoms. The van der Waals surface area contributed by atoms with Gasteiger partial charge in [-0.05, 0) is 73.1 Å². The lowest BCUT2D eigenvalue weighted by Gasteiger charge is -2.18. The molecule has 0 amide bonds. The van der Waals surface area contributed by atoms with Gasteiger partial charge < -0.3 is 4.42 Å². The minimum absolute atomic E-state index is 0.934. The molecule has 0 atom stereocenters. The zero-order chi connectivity index (χ0) is 32.8. The maximum absolute atomic E-state index is 6.57. The van der Waals surface area contributed by atoms with Crippen molar-refractivity contribution in [3.05, 3.63) is 170 Å². The van der Waals surface area contributed by atoms with Crippen LogP contribution in [-0.4, -0.2) is 0 Å². The fourth-order valence-corrected chi connectivity index (χ4v) is 9.58. The molecule has 0 radical (unpaired) electrons. The van der Waals surface area contributed by atoms with E-state index in [1.165, 1.54) is 96.6 Å². The first-order valence-corrected chi connectivity index (χ1v) is 17.9. The van der Waals surface area contributed by atoms with Crippen molar-refractivity contribution in [2.45, 2.75) is 0 Å². The number of para-hydroxylation sites is 1. The number of hydrogen-bond acceptors (Lipinski definition) is 2. The van der Waals surface area contributed by atoms with Crippen LogP contribution in [-0.2, 0) is 0 Å². The summed E-state index contributed by atoms with van der Waals surface area (Å²) in [5.41, 5.74) is 9.38. The van der Waals surface area contributed by atoms with Gasteiger partial charge in [0.25, 0.3) is 0 Å². The lowest BCUT2D eigenvalue weighted by Crippen LogP contribution is -1.91. The Morgan fingerprint density at radius 2 is 0.880 bits per heavy atom. The van der Waals surface area contributed by atoms with Crippen LogP contribution in [0.5, 0.6) is 0 Å². The van der Waals surface area contributed by atoms with E-state index in [1.807, 2.05) is 11.3 Å². The van der Waals surface area contributed by atoms with Gasteiger partial charge in [-0.3, -0.25) is 0 Å². The summed E-state index contributed by atoms with van der Waals surface area (Å²) in [4.78, 5) is 0. The Kier molecular flexibility index (Phi) is 5.89. The van der Waals surface area contributed by atoms with E-state index in [-0.39, 0.29) is 0 Å². The van der Waals surface area contributed by atoms with Crippen molar-refractivity contribution in [3.8, 4) is 33.4 Å². The normalized spacial score (nSPS) is 12.0. The molecule has 2 aromatic heterocycles. The van der Waals surface area contributed by atoms with Gasteiger partial charge in [-0.15, -0.1) is 11.3 Å². The molecule has 2 heteroatoms. The number of furan rings is 1. The quantitative estimate of drug-likeness (QED) is 0.173. The largest absolute Gasteiger partial charge is 0.455 e. The van der Waals surface area contributed by atoms with Crippen LogP contribution in [0.15, 0.2) is 174 Å². The highest BCUT2D eigenvalue weighted by molar-refractivity contribution is 7.27. The molecule has 0 N–H and O–H groups in total. The van der Waals surface area contributed by atoms with Gasteiger partial charge in [0.1, 0.15) is 11.2 Å². The molecule has 0 unspecified atom stereocenters. The van der Waals surface area contributed by atoms with Crippen LogP contribution in [0.4, 0.5) is 0 Å². The van der Waals surface area contributed by atoms with Gasteiger partial charge in [-0.1, -0.05) is 152 Å². The average Bonchev–Trinajstić information content (AvgIpc) is 3.76. The van der Waals surface area contributed by atoms with Crippen molar-refractivity contribution >= 4 is 85.8 Å². The van der Waals surface area contributed by atoms with E-state index < -0.39 is 0 Å². The Morgan fingerprint density at radius 1 is 0.340 bits per heavy atom. The lowest BCUT2D eigenvalue weighted by molar-refractivity contribution is 0.673. The number of rotatable bonds is 3. The monoisotopic (exact) mass is 652 g/mol. The minimum Gasteiger partial charge on any atom is -0.455 e. The van der Waals surface area contributed by atoms with Gasteiger partial charge >= 0.3 is 0 Å². The second-order valence-electron chi connectivity index (χ2n) is 13.2. The number of fused-ring (bicyclic) bond motifs is 12. The van der Waals surface area contributed by atoms with E-state index in [0.29, 0.717) is 0 Å². The minimum atomic E-state index is 0.934. The van der Waals surface area contributed by atoms with Crippen LogP contribution >= 0.6 is 11.3 Å². The van der Waals surface area contributed by atoms with Crippen LogP contribution in [0.25, 0.3) is 108 Å². The standard InChI is InChI=1S/C48H28OS/c1-2-13-29(14-3-1)30-15-12-16-31(27-30)43-33-17-4-6-19-35(33)44(36-20-7-5-18-34(36)43)32-25-26-40-42(28-32)50-48-38-22-9-8-21-37(38)47-45(46(40)48)39-23-10-11-24-41(39)49-47/h1-28H. The first-order chi connectivity index (χ1) is 24.8. The fraction of sp³-hybridized carbons (Fsp3) is 0. The summed E-state index contributed by atoms with van der Waals surface area (Å²) in [6.45, 7) is 0. The van der Waals surface area contributed by atoms with Gasteiger partial charge in [0.15, 0.2) is 0 Å². The molecule has 2 heterocycles. The highest BCUT2D eigenvalue weighted by atomic mass is 32.1. The van der Waals surface area contributed by atoms with Gasteiger partial charge in [0.05, 0.1) is 0 Å². The summed E-state index contributed by atoms with van der Waals surface area (Å²) in [5, 5.41) is 12.4. The topological polar surface area (TPSA) is 13.1 Å². The van der Waals surface area contributed by atoms with Crippen LogP contribution in [0, 0.1) is 0 Å². The molecular formula is C48H28OS. The van der Waals surface area contributed by atoms with Gasteiger partial charge in [0, 0.05) is 41.7 Å². The predicted octanol–water partition coefficient (Wildman–Crippen LogP) is 14.4. The van der Waals surface area contributed by atoms with E-state index in [1.54, 1.807) is 0 Å². The molecule has 0 saturated heterocycles. The van der Waals surface area contributed by atoms with Crippen molar-refractivity contribution in [3.63, 3.8) is 0 Å². The van der Waals surface area contributed by atoms with Crippen molar-refractivity contribution in [1.29, 1.82) is 0 Å². The average molecular weight is 653 g/mol. The molecule has 11 rings (SSSR count).